The molecule has 2 aromatic carbocycles. The second kappa shape index (κ2) is 6.34. The molecule has 1 N–H and O–H groups in total. The van der Waals surface area contributed by atoms with Crippen molar-refractivity contribution in [1.29, 1.82) is 0 Å². The molecule has 2 rings (SSSR count). The fourth-order valence-electron chi connectivity index (χ4n) is 1.70. The first-order chi connectivity index (χ1) is 9.15. The van der Waals surface area contributed by atoms with Crippen LogP contribution in [-0.2, 0) is 11.2 Å². The van der Waals surface area contributed by atoms with Gasteiger partial charge in [-0.15, -0.1) is 0 Å². The summed E-state index contributed by atoms with van der Waals surface area (Å²) in [4.78, 5) is 11.7. The van der Waals surface area contributed by atoms with Crippen molar-refractivity contribution in [3.8, 4) is 0 Å². The van der Waals surface area contributed by atoms with E-state index in [0.717, 1.165) is 5.56 Å². The third kappa shape index (κ3) is 4.07. The molecule has 0 aliphatic heterocycles. The SMILES string of the molecule is O=C(CCc1ccccc1)Nc1ccc(F)c(Cl)c1. The molecule has 0 saturated carbocycles. The van der Waals surface area contributed by atoms with Crippen LogP contribution in [0.3, 0.4) is 0 Å². The summed E-state index contributed by atoms with van der Waals surface area (Å²) in [6.07, 6.45) is 1.04. The molecule has 0 radical (unpaired) electrons. The molecule has 0 bridgehead atoms. The fourth-order valence-corrected chi connectivity index (χ4v) is 1.88. The standard InChI is InChI=1S/C15H13ClFNO/c16-13-10-12(7-8-14(13)17)18-15(19)9-6-11-4-2-1-3-5-11/h1-5,7-8,10H,6,9H2,(H,18,19). The predicted octanol–water partition coefficient (Wildman–Crippen LogP) is 4.05. The van der Waals surface area contributed by atoms with Gasteiger partial charge < -0.3 is 5.32 Å². The van der Waals surface area contributed by atoms with Gasteiger partial charge in [-0.05, 0) is 30.2 Å². The van der Waals surface area contributed by atoms with Crippen LogP contribution < -0.4 is 5.32 Å². The fraction of sp³-hybridized carbons (Fsp3) is 0.133. The largest absolute Gasteiger partial charge is 0.326 e. The first-order valence-corrected chi connectivity index (χ1v) is 6.32. The van der Waals surface area contributed by atoms with E-state index in [4.69, 9.17) is 11.6 Å². The number of carbonyl (C=O) groups excluding carboxylic acids is 1. The molecule has 0 atom stereocenters. The van der Waals surface area contributed by atoms with Gasteiger partial charge in [0.05, 0.1) is 5.02 Å². The summed E-state index contributed by atoms with van der Waals surface area (Å²) in [5.74, 6) is -0.615. The predicted molar refractivity (Wildman–Crippen MR) is 74.8 cm³/mol. The quantitative estimate of drug-likeness (QED) is 0.897. The summed E-state index contributed by atoms with van der Waals surface area (Å²) in [7, 11) is 0. The van der Waals surface area contributed by atoms with Crippen molar-refractivity contribution in [3.63, 3.8) is 0 Å². The smallest absolute Gasteiger partial charge is 0.224 e. The van der Waals surface area contributed by atoms with E-state index in [0.29, 0.717) is 18.5 Å². The molecular weight excluding hydrogens is 265 g/mol. The summed E-state index contributed by atoms with van der Waals surface area (Å²) in [6.45, 7) is 0. The van der Waals surface area contributed by atoms with E-state index in [1.54, 1.807) is 0 Å². The van der Waals surface area contributed by atoms with Crippen LogP contribution >= 0.6 is 11.6 Å². The van der Waals surface area contributed by atoms with Crippen molar-refractivity contribution < 1.29 is 9.18 Å². The van der Waals surface area contributed by atoms with Gasteiger partial charge in [0.1, 0.15) is 5.82 Å². The van der Waals surface area contributed by atoms with Crippen molar-refractivity contribution in [2.45, 2.75) is 12.8 Å². The topological polar surface area (TPSA) is 29.1 Å². The number of carbonyl (C=O) groups is 1. The van der Waals surface area contributed by atoms with Crippen LogP contribution in [0.2, 0.25) is 5.02 Å². The normalized spacial score (nSPS) is 10.2. The Morgan fingerprint density at radius 1 is 1.16 bits per heavy atom. The zero-order valence-corrected chi connectivity index (χ0v) is 11.0. The van der Waals surface area contributed by atoms with E-state index in [1.807, 2.05) is 30.3 Å². The minimum absolute atomic E-state index is 0.000796. The summed E-state index contributed by atoms with van der Waals surface area (Å²) >= 11 is 5.64. The highest BCUT2D eigenvalue weighted by Crippen LogP contribution is 2.19. The number of halogens is 2. The van der Waals surface area contributed by atoms with Crippen molar-refractivity contribution in [2.24, 2.45) is 0 Å². The van der Waals surface area contributed by atoms with Gasteiger partial charge in [0.15, 0.2) is 0 Å². The van der Waals surface area contributed by atoms with Crippen LogP contribution in [0, 0.1) is 5.82 Å². The third-order valence-electron chi connectivity index (χ3n) is 2.69. The average molecular weight is 278 g/mol. The van der Waals surface area contributed by atoms with Crippen molar-refractivity contribution in [2.75, 3.05) is 5.32 Å². The van der Waals surface area contributed by atoms with Crippen LogP contribution in [0.5, 0.6) is 0 Å². The lowest BCUT2D eigenvalue weighted by Gasteiger charge is -2.06. The van der Waals surface area contributed by atoms with Gasteiger partial charge in [0, 0.05) is 12.1 Å². The lowest BCUT2D eigenvalue weighted by molar-refractivity contribution is -0.116. The van der Waals surface area contributed by atoms with Crippen molar-refractivity contribution >= 4 is 23.2 Å². The summed E-state index contributed by atoms with van der Waals surface area (Å²) in [5, 5.41) is 2.69. The van der Waals surface area contributed by atoms with E-state index < -0.39 is 5.82 Å². The molecule has 4 heteroatoms. The average Bonchev–Trinajstić information content (AvgIpc) is 2.42. The second-order valence-corrected chi connectivity index (χ2v) is 4.57. The van der Waals surface area contributed by atoms with E-state index in [-0.39, 0.29) is 10.9 Å². The van der Waals surface area contributed by atoms with Crippen LogP contribution in [-0.4, -0.2) is 5.91 Å². The Balaban J connectivity index is 1.89. The second-order valence-electron chi connectivity index (χ2n) is 4.16. The van der Waals surface area contributed by atoms with E-state index in [9.17, 15) is 9.18 Å². The number of hydrogen-bond donors (Lipinski definition) is 1. The number of rotatable bonds is 4. The molecule has 0 saturated heterocycles. The molecular formula is C15H13ClFNO. The summed E-state index contributed by atoms with van der Waals surface area (Å²) in [5.41, 5.74) is 1.61. The maximum atomic E-state index is 13.0. The van der Waals surface area contributed by atoms with Crippen LogP contribution in [0.4, 0.5) is 10.1 Å². The molecule has 0 fully saturated rings. The molecule has 0 spiro atoms. The number of anilines is 1. The van der Waals surface area contributed by atoms with Gasteiger partial charge >= 0.3 is 0 Å². The van der Waals surface area contributed by atoms with Crippen LogP contribution in [0.25, 0.3) is 0 Å². The maximum absolute atomic E-state index is 13.0. The highest BCUT2D eigenvalue weighted by molar-refractivity contribution is 6.31. The van der Waals surface area contributed by atoms with Gasteiger partial charge in [-0.3, -0.25) is 4.79 Å². The van der Waals surface area contributed by atoms with Gasteiger partial charge in [-0.2, -0.15) is 0 Å². The van der Waals surface area contributed by atoms with Crippen LogP contribution in [0.15, 0.2) is 48.5 Å². The molecule has 0 heterocycles. The molecule has 0 aliphatic rings. The first kappa shape index (κ1) is 13.6. The number of hydrogen-bond acceptors (Lipinski definition) is 1. The molecule has 98 valence electrons. The molecule has 19 heavy (non-hydrogen) atoms. The monoisotopic (exact) mass is 277 g/mol. The Morgan fingerprint density at radius 3 is 2.58 bits per heavy atom. The molecule has 0 aromatic heterocycles. The summed E-state index contributed by atoms with van der Waals surface area (Å²) in [6, 6.07) is 13.9. The van der Waals surface area contributed by atoms with E-state index in [1.165, 1.54) is 18.2 Å². The van der Waals surface area contributed by atoms with Gasteiger partial charge in [-0.1, -0.05) is 41.9 Å². The summed E-state index contributed by atoms with van der Waals surface area (Å²) < 4.78 is 13.0. The van der Waals surface area contributed by atoms with Gasteiger partial charge in [-0.25, -0.2) is 4.39 Å². The van der Waals surface area contributed by atoms with Gasteiger partial charge in [0.25, 0.3) is 0 Å². The van der Waals surface area contributed by atoms with Gasteiger partial charge in [0.2, 0.25) is 5.91 Å². The Labute approximate surface area is 116 Å². The molecule has 1 amide bonds. The molecule has 0 aliphatic carbocycles. The highest BCUT2D eigenvalue weighted by atomic mass is 35.5. The Kier molecular flexibility index (Phi) is 4.53. The van der Waals surface area contributed by atoms with Crippen molar-refractivity contribution in [1.82, 2.24) is 0 Å². The molecule has 2 nitrogen and oxygen atoms in total. The number of amides is 1. The van der Waals surface area contributed by atoms with E-state index >= 15 is 0 Å². The number of nitrogens with one attached hydrogen (secondary N) is 1. The number of aryl methyl sites for hydroxylation is 1. The lowest BCUT2D eigenvalue weighted by Crippen LogP contribution is -2.12. The Hall–Kier alpha value is -1.87. The Morgan fingerprint density at radius 2 is 1.89 bits per heavy atom. The first-order valence-electron chi connectivity index (χ1n) is 5.94. The minimum atomic E-state index is -0.496. The third-order valence-corrected chi connectivity index (χ3v) is 2.98. The zero-order chi connectivity index (χ0) is 13.7. The Bertz CT molecular complexity index is 572. The lowest BCUT2D eigenvalue weighted by atomic mass is 10.1. The highest BCUT2D eigenvalue weighted by Gasteiger charge is 2.05. The molecule has 0 unspecified atom stereocenters. The molecule has 2 aromatic rings. The van der Waals surface area contributed by atoms with E-state index in [2.05, 4.69) is 5.32 Å². The number of benzene rings is 2. The zero-order valence-electron chi connectivity index (χ0n) is 10.2. The van der Waals surface area contributed by atoms with Crippen LogP contribution in [0.1, 0.15) is 12.0 Å². The minimum Gasteiger partial charge on any atom is -0.326 e. The van der Waals surface area contributed by atoms with Crippen molar-refractivity contribution in [3.05, 3.63) is 64.9 Å². The maximum Gasteiger partial charge on any atom is 0.224 e.